The Labute approximate surface area is 149 Å². The Bertz CT molecular complexity index is 820. The van der Waals surface area contributed by atoms with Crippen molar-refractivity contribution in [1.29, 1.82) is 0 Å². The summed E-state index contributed by atoms with van der Waals surface area (Å²) in [6.45, 7) is 0.479. The van der Waals surface area contributed by atoms with Crippen LogP contribution >= 0.6 is 0 Å². The van der Waals surface area contributed by atoms with Crippen molar-refractivity contribution in [2.45, 2.75) is 25.2 Å². The number of nitrogens with one attached hydrogen (secondary N) is 1. The molecule has 2 aromatic rings. The number of carbonyl (C=O) groups is 1. The Balaban J connectivity index is 2.15. The molecule has 1 atom stereocenters. The zero-order valence-electron chi connectivity index (χ0n) is 14.3. The Morgan fingerprint density at radius 3 is 2.65 bits per heavy atom. The lowest BCUT2D eigenvalue weighted by Crippen LogP contribution is -2.43. The average molecular weight is 363 g/mol. The molecule has 0 spiro atoms. The molecule has 3 rings (SSSR count). The van der Waals surface area contributed by atoms with E-state index in [4.69, 9.17) is 5.73 Å². The van der Waals surface area contributed by atoms with Gasteiger partial charge in [0, 0.05) is 13.1 Å². The van der Waals surface area contributed by atoms with Crippen molar-refractivity contribution in [3.63, 3.8) is 0 Å². The lowest BCUT2D eigenvalue weighted by atomic mass is 9.87. The fourth-order valence-electron chi connectivity index (χ4n) is 3.54. The van der Waals surface area contributed by atoms with Gasteiger partial charge >= 0.3 is 12.2 Å². The number of amides is 2. The maximum Gasteiger partial charge on any atom is 0.416 e. The van der Waals surface area contributed by atoms with Crippen LogP contribution in [0, 0.1) is 0 Å². The van der Waals surface area contributed by atoms with Crippen LogP contribution in [0.1, 0.15) is 33.9 Å². The van der Waals surface area contributed by atoms with Gasteiger partial charge in [0.1, 0.15) is 0 Å². The number of hydrogen-bond donors (Lipinski definition) is 2. The van der Waals surface area contributed by atoms with Gasteiger partial charge in [-0.2, -0.15) is 13.2 Å². The van der Waals surface area contributed by atoms with Gasteiger partial charge in [0.2, 0.25) is 0 Å². The number of fused-ring (bicyclic) bond motifs is 1. The minimum absolute atomic E-state index is 0.107. The lowest BCUT2D eigenvalue weighted by Gasteiger charge is -2.37. The van der Waals surface area contributed by atoms with Gasteiger partial charge in [0.15, 0.2) is 0 Å². The zero-order valence-corrected chi connectivity index (χ0v) is 14.3. The number of nitrogens with two attached hydrogens (primary N) is 1. The third-order valence-corrected chi connectivity index (χ3v) is 4.69. The number of benzene rings is 2. The number of nitrogens with zero attached hydrogens (tertiary/aromatic N) is 1. The van der Waals surface area contributed by atoms with Crippen LogP contribution < -0.4 is 11.1 Å². The van der Waals surface area contributed by atoms with Crippen LogP contribution in [0.4, 0.5) is 18.0 Å². The number of hydrogen-bond acceptors (Lipinski definition) is 2. The van der Waals surface area contributed by atoms with E-state index >= 15 is 0 Å². The number of rotatable bonds is 3. The van der Waals surface area contributed by atoms with Crippen molar-refractivity contribution in [3.05, 3.63) is 70.3 Å². The van der Waals surface area contributed by atoms with Crippen LogP contribution in [-0.2, 0) is 19.1 Å². The topological polar surface area (TPSA) is 58.4 Å². The van der Waals surface area contributed by atoms with E-state index in [1.165, 1.54) is 11.0 Å². The molecule has 0 saturated carbocycles. The molecule has 1 heterocycles. The molecule has 1 aliphatic heterocycles. The number of primary amides is 1. The van der Waals surface area contributed by atoms with E-state index in [0.29, 0.717) is 18.5 Å². The summed E-state index contributed by atoms with van der Waals surface area (Å²) >= 11 is 0. The standard InChI is InChI=1S/C19H20F3N3O/c1-24-11-14-7-6-13(10-16(14)19(20,21)22)17-15-5-3-2-4-12(15)8-9-25(17)18(23)26/h2-7,10,17,24H,8-9,11H2,1H3,(H2,23,26). The summed E-state index contributed by atoms with van der Waals surface area (Å²) in [6, 6.07) is 10.4. The number of carbonyl (C=O) groups excluding carboxylic acids is 1. The van der Waals surface area contributed by atoms with Crippen molar-refractivity contribution in [3.8, 4) is 0 Å². The van der Waals surface area contributed by atoms with E-state index in [0.717, 1.165) is 17.2 Å². The predicted molar refractivity (Wildman–Crippen MR) is 92.5 cm³/mol. The SMILES string of the molecule is CNCc1ccc(C2c3ccccc3CCN2C(N)=O)cc1C(F)(F)F. The van der Waals surface area contributed by atoms with Crippen molar-refractivity contribution < 1.29 is 18.0 Å². The average Bonchev–Trinajstić information content (AvgIpc) is 2.60. The van der Waals surface area contributed by atoms with E-state index in [1.54, 1.807) is 13.1 Å². The highest BCUT2D eigenvalue weighted by molar-refractivity contribution is 5.74. The molecular weight excluding hydrogens is 343 g/mol. The first-order valence-electron chi connectivity index (χ1n) is 8.31. The van der Waals surface area contributed by atoms with Gasteiger partial charge in [-0.25, -0.2) is 4.79 Å². The highest BCUT2D eigenvalue weighted by atomic mass is 19.4. The van der Waals surface area contributed by atoms with Gasteiger partial charge in [-0.1, -0.05) is 36.4 Å². The third-order valence-electron chi connectivity index (χ3n) is 4.69. The van der Waals surface area contributed by atoms with Crippen molar-refractivity contribution in [1.82, 2.24) is 10.2 Å². The largest absolute Gasteiger partial charge is 0.416 e. The molecule has 3 N–H and O–H groups in total. The summed E-state index contributed by atoms with van der Waals surface area (Å²) < 4.78 is 40.6. The second-order valence-electron chi connectivity index (χ2n) is 6.33. The maximum atomic E-state index is 13.5. The summed E-state index contributed by atoms with van der Waals surface area (Å²) in [6.07, 6.45) is -3.85. The van der Waals surface area contributed by atoms with Crippen molar-refractivity contribution >= 4 is 6.03 Å². The summed E-state index contributed by atoms with van der Waals surface area (Å²) in [5.41, 5.74) is 7.21. The molecule has 0 aromatic heterocycles. The van der Waals surface area contributed by atoms with Crippen molar-refractivity contribution in [2.75, 3.05) is 13.6 Å². The smallest absolute Gasteiger partial charge is 0.351 e. The molecule has 1 unspecified atom stereocenters. The minimum Gasteiger partial charge on any atom is -0.351 e. The molecule has 4 nitrogen and oxygen atoms in total. The minimum atomic E-state index is -4.48. The molecule has 0 bridgehead atoms. The second kappa shape index (κ2) is 6.99. The molecular formula is C19H20F3N3O. The molecule has 1 aliphatic rings. The zero-order chi connectivity index (χ0) is 18.9. The Morgan fingerprint density at radius 1 is 1.27 bits per heavy atom. The lowest BCUT2D eigenvalue weighted by molar-refractivity contribution is -0.138. The molecule has 0 aliphatic carbocycles. The van der Waals surface area contributed by atoms with Crippen LogP contribution in [0.25, 0.3) is 0 Å². The van der Waals surface area contributed by atoms with Crippen LogP contribution in [0.3, 0.4) is 0 Å². The first kappa shape index (κ1) is 18.3. The first-order chi connectivity index (χ1) is 12.3. The fourth-order valence-corrected chi connectivity index (χ4v) is 3.54. The van der Waals surface area contributed by atoms with E-state index in [-0.39, 0.29) is 12.1 Å². The van der Waals surface area contributed by atoms with Gasteiger partial charge in [-0.15, -0.1) is 0 Å². The Hall–Kier alpha value is -2.54. The van der Waals surface area contributed by atoms with Crippen LogP contribution in [0.2, 0.25) is 0 Å². The quantitative estimate of drug-likeness (QED) is 0.878. The summed E-state index contributed by atoms with van der Waals surface area (Å²) in [7, 11) is 1.60. The molecule has 138 valence electrons. The Kier molecular flexibility index (Phi) is 4.91. The van der Waals surface area contributed by atoms with E-state index in [1.807, 2.05) is 24.3 Å². The molecule has 7 heteroatoms. The second-order valence-corrected chi connectivity index (χ2v) is 6.33. The first-order valence-corrected chi connectivity index (χ1v) is 8.31. The third kappa shape index (κ3) is 3.39. The van der Waals surface area contributed by atoms with Gasteiger partial charge < -0.3 is 16.0 Å². The van der Waals surface area contributed by atoms with E-state index < -0.39 is 23.8 Å². The summed E-state index contributed by atoms with van der Waals surface area (Å²) in [5, 5.41) is 2.75. The molecule has 0 saturated heterocycles. The van der Waals surface area contributed by atoms with Gasteiger partial charge in [0.25, 0.3) is 0 Å². The van der Waals surface area contributed by atoms with Gasteiger partial charge in [0.05, 0.1) is 11.6 Å². The monoisotopic (exact) mass is 363 g/mol. The summed E-state index contributed by atoms with van der Waals surface area (Å²) in [4.78, 5) is 13.3. The van der Waals surface area contributed by atoms with E-state index in [9.17, 15) is 18.0 Å². The highest BCUT2D eigenvalue weighted by Crippen LogP contribution is 2.39. The summed E-state index contributed by atoms with van der Waals surface area (Å²) in [5.74, 6) is 0. The number of urea groups is 1. The molecule has 0 radical (unpaired) electrons. The van der Waals surface area contributed by atoms with Crippen LogP contribution in [0.15, 0.2) is 42.5 Å². The molecule has 0 fully saturated rings. The van der Waals surface area contributed by atoms with Crippen LogP contribution in [0.5, 0.6) is 0 Å². The van der Waals surface area contributed by atoms with Crippen LogP contribution in [-0.4, -0.2) is 24.5 Å². The molecule has 2 amide bonds. The van der Waals surface area contributed by atoms with E-state index in [2.05, 4.69) is 5.32 Å². The molecule has 2 aromatic carbocycles. The normalized spacial score (nSPS) is 17.1. The number of alkyl halides is 3. The van der Waals surface area contributed by atoms with Crippen molar-refractivity contribution in [2.24, 2.45) is 5.73 Å². The molecule has 26 heavy (non-hydrogen) atoms. The highest BCUT2D eigenvalue weighted by Gasteiger charge is 2.36. The predicted octanol–water partition coefficient (Wildman–Crippen LogP) is 3.45. The fraction of sp³-hybridized carbons (Fsp3) is 0.316. The number of halogens is 3. The van der Waals surface area contributed by atoms with Gasteiger partial charge in [-0.3, -0.25) is 0 Å². The maximum absolute atomic E-state index is 13.5. The Morgan fingerprint density at radius 2 is 2.00 bits per heavy atom. The van der Waals surface area contributed by atoms with Gasteiger partial charge in [-0.05, 0) is 41.8 Å².